The van der Waals surface area contributed by atoms with E-state index in [9.17, 15) is 4.79 Å². The SMILES string of the molecule is CCCC1=C2C3CC(CC3C(=O)OCOC)C2C(CI)C1. The number of esters is 1. The number of fused-ring (bicyclic) bond motifs is 5. The van der Waals surface area contributed by atoms with Gasteiger partial charge in [-0.3, -0.25) is 4.79 Å². The largest absolute Gasteiger partial charge is 0.438 e. The number of halogens is 1. The van der Waals surface area contributed by atoms with Crippen LogP contribution in [0.5, 0.6) is 0 Å². The Labute approximate surface area is 141 Å². The molecule has 3 aliphatic rings. The maximum atomic E-state index is 12.3. The molecule has 0 N–H and O–H groups in total. The number of methoxy groups -OCH3 is 1. The molecule has 0 saturated heterocycles. The molecule has 3 aliphatic carbocycles. The molecule has 5 unspecified atom stereocenters. The van der Waals surface area contributed by atoms with Crippen molar-refractivity contribution in [3.63, 3.8) is 0 Å². The summed E-state index contributed by atoms with van der Waals surface area (Å²) in [4.78, 5) is 12.3. The zero-order chi connectivity index (χ0) is 15.0. The number of ether oxygens (including phenoxy) is 2. The predicted molar refractivity (Wildman–Crippen MR) is 90.1 cm³/mol. The van der Waals surface area contributed by atoms with Gasteiger partial charge in [-0.05, 0) is 49.4 Å². The molecule has 0 heterocycles. The topological polar surface area (TPSA) is 35.5 Å². The highest BCUT2D eigenvalue weighted by atomic mass is 127. The van der Waals surface area contributed by atoms with E-state index in [-0.39, 0.29) is 18.7 Å². The predicted octanol–water partition coefficient (Wildman–Crippen LogP) is 3.96. The third kappa shape index (κ3) is 2.67. The van der Waals surface area contributed by atoms with Crippen LogP contribution >= 0.6 is 22.6 Å². The Balaban J connectivity index is 1.79. The first kappa shape index (κ1) is 15.8. The molecule has 0 aromatic heterocycles. The van der Waals surface area contributed by atoms with E-state index in [4.69, 9.17) is 9.47 Å². The van der Waals surface area contributed by atoms with Crippen molar-refractivity contribution in [1.82, 2.24) is 0 Å². The molecule has 5 atom stereocenters. The van der Waals surface area contributed by atoms with Crippen molar-refractivity contribution in [2.24, 2.45) is 29.6 Å². The first-order chi connectivity index (χ1) is 10.2. The fourth-order valence-electron chi connectivity index (χ4n) is 5.10. The molecule has 2 fully saturated rings. The van der Waals surface area contributed by atoms with Crippen molar-refractivity contribution in [2.75, 3.05) is 18.3 Å². The monoisotopic (exact) mass is 404 g/mol. The first-order valence-corrected chi connectivity index (χ1v) is 9.67. The molecule has 0 radical (unpaired) electrons. The number of hydrogen-bond donors (Lipinski definition) is 0. The van der Waals surface area contributed by atoms with Crippen molar-refractivity contribution in [2.45, 2.75) is 39.0 Å². The van der Waals surface area contributed by atoms with Gasteiger partial charge in [0.1, 0.15) is 0 Å². The van der Waals surface area contributed by atoms with Gasteiger partial charge in [0.15, 0.2) is 6.79 Å². The average Bonchev–Trinajstić information content (AvgIpc) is 3.15. The number of rotatable bonds is 6. The van der Waals surface area contributed by atoms with Gasteiger partial charge < -0.3 is 9.47 Å². The number of carbonyl (C=O) groups is 1. The van der Waals surface area contributed by atoms with Crippen LogP contribution in [-0.2, 0) is 14.3 Å². The van der Waals surface area contributed by atoms with Crippen molar-refractivity contribution in [3.05, 3.63) is 11.1 Å². The Morgan fingerprint density at radius 1 is 1.38 bits per heavy atom. The first-order valence-electron chi connectivity index (χ1n) is 8.14. The van der Waals surface area contributed by atoms with Crippen molar-refractivity contribution in [3.8, 4) is 0 Å². The van der Waals surface area contributed by atoms with Gasteiger partial charge in [-0.1, -0.05) is 47.1 Å². The Kier molecular flexibility index (Phi) is 4.94. The molecule has 3 nitrogen and oxygen atoms in total. The van der Waals surface area contributed by atoms with Gasteiger partial charge in [0, 0.05) is 11.5 Å². The molecule has 3 rings (SSSR count). The van der Waals surface area contributed by atoms with E-state index in [1.165, 1.54) is 30.1 Å². The summed E-state index contributed by atoms with van der Waals surface area (Å²) in [6.45, 7) is 2.35. The zero-order valence-corrected chi connectivity index (χ0v) is 15.1. The van der Waals surface area contributed by atoms with Crippen LogP contribution in [0.4, 0.5) is 0 Å². The molecule has 4 heteroatoms. The molecule has 2 bridgehead atoms. The lowest BCUT2D eigenvalue weighted by Gasteiger charge is -2.30. The van der Waals surface area contributed by atoms with Gasteiger partial charge in [-0.15, -0.1) is 0 Å². The van der Waals surface area contributed by atoms with Crippen molar-refractivity contribution >= 4 is 28.6 Å². The number of carbonyl (C=O) groups excluding carboxylic acids is 1. The summed E-state index contributed by atoms with van der Waals surface area (Å²) in [6, 6.07) is 0. The molecular formula is C17H25IO3. The summed E-state index contributed by atoms with van der Waals surface area (Å²) < 4.78 is 11.4. The second-order valence-electron chi connectivity index (χ2n) is 6.77. The highest BCUT2D eigenvalue weighted by molar-refractivity contribution is 14.1. The van der Waals surface area contributed by atoms with Crippen LogP contribution in [0.15, 0.2) is 11.1 Å². The number of allylic oxidation sites excluding steroid dienone is 2. The molecule has 0 aromatic rings. The second-order valence-corrected chi connectivity index (χ2v) is 7.65. The summed E-state index contributed by atoms with van der Waals surface area (Å²) in [5.74, 6) is 2.85. The van der Waals surface area contributed by atoms with Gasteiger partial charge in [0.05, 0.1) is 5.92 Å². The summed E-state index contributed by atoms with van der Waals surface area (Å²) in [7, 11) is 1.56. The Morgan fingerprint density at radius 3 is 2.86 bits per heavy atom. The second kappa shape index (κ2) is 6.57. The van der Waals surface area contributed by atoms with Crippen LogP contribution in [0, 0.1) is 29.6 Å². The van der Waals surface area contributed by atoms with Gasteiger partial charge in [-0.2, -0.15) is 0 Å². The normalized spacial score (nSPS) is 37.2. The lowest BCUT2D eigenvalue weighted by atomic mass is 9.76. The van der Waals surface area contributed by atoms with Gasteiger partial charge in [-0.25, -0.2) is 0 Å². The quantitative estimate of drug-likeness (QED) is 0.221. The summed E-state index contributed by atoms with van der Waals surface area (Å²) in [6.07, 6.45) is 5.97. The third-order valence-electron chi connectivity index (χ3n) is 5.66. The van der Waals surface area contributed by atoms with Crippen LogP contribution in [-0.4, -0.2) is 24.3 Å². The summed E-state index contributed by atoms with van der Waals surface area (Å²) >= 11 is 2.55. The fourth-order valence-corrected chi connectivity index (χ4v) is 5.96. The summed E-state index contributed by atoms with van der Waals surface area (Å²) in [5.41, 5.74) is 3.36. The van der Waals surface area contributed by atoms with Crippen molar-refractivity contribution in [1.29, 1.82) is 0 Å². The fraction of sp³-hybridized carbons (Fsp3) is 0.824. The highest BCUT2D eigenvalue weighted by Crippen LogP contribution is 2.63. The maximum absolute atomic E-state index is 12.3. The van der Waals surface area contributed by atoms with E-state index >= 15 is 0 Å². The third-order valence-corrected chi connectivity index (χ3v) is 6.79. The Morgan fingerprint density at radius 2 is 2.19 bits per heavy atom. The van der Waals surface area contributed by atoms with Crippen LogP contribution in [0.2, 0.25) is 0 Å². The minimum Gasteiger partial charge on any atom is -0.438 e. The van der Waals surface area contributed by atoms with E-state index in [0.717, 1.165) is 24.2 Å². The number of hydrogen-bond acceptors (Lipinski definition) is 3. The van der Waals surface area contributed by atoms with Gasteiger partial charge in [0.25, 0.3) is 0 Å². The van der Waals surface area contributed by atoms with Crippen LogP contribution in [0.3, 0.4) is 0 Å². The average molecular weight is 404 g/mol. The van der Waals surface area contributed by atoms with Crippen LogP contribution in [0.1, 0.15) is 39.0 Å². The zero-order valence-electron chi connectivity index (χ0n) is 12.9. The lowest BCUT2D eigenvalue weighted by molar-refractivity contribution is -0.160. The maximum Gasteiger partial charge on any atom is 0.311 e. The van der Waals surface area contributed by atoms with Gasteiger partial charge >= 0.3 is 5.97 Å². The van der Waals surface area contributed by atoms with E-state index < -0.39 is 0 Å². The summed E-state index contributed by atoms with van der Waals surface area (Å²) in [5, 5.41) is 0. The highest BCUT2D eigenvalue weighted by Gasteiger charge is 2.56. The van der Waals surface area contributed by atoms with Crippen LogP contribution < -0.4 is 0 Å². The molecule has 2 saturated carbocycles. The van der Waals surface area contributed by atoms with E-state index in [1.54, 1.807) is 18.3 Å². The van der Waals surface area contributed by atoms with Crippen LogP contribution in [0.25, 0.3) is 0 Å². The Hall–Kier alpha value is -0.100. The lowest BCUT2D eigenvalue weighted by Crippen LogP contribution is -2.30. The smallest absolute Gasteiger partial charge is 0.311 e. The molecule has 21 heavy (non-hydrogen) atoms. The standard InChI is InChI=1S/C17H25IO3/c1-3-4-10-5-12(8-18)15-11-6-13(16(10)15)14(7-11)17(19)21-9-20-2/h11-15H,3-9H2,1-2H3. The molecule has 118 valence electrons. The van der Waals surface area contributed by atoms with E-state index in [2.05, 4.69) is 29.5 Å². The molecule has 0 spiro atoms. The molecule has 0 aliphatic heterocycles. The molecule has 0 aromatic carbocycles. The van der Waals surface area contributed by atoms with E-state index in [0.29, 0.717) is 5.92 Å². The Bertz CT molecular complexity index is 445. The molecular weight excluding hydrogens is 379 g/mol. The van der Waals surface area contributed by atoms with E-state index in [1.807, 2.05) is 0 Å². The van der Waals surface area contributed by atoms with Gasteiger partial charge in [0.2, 0.25) is 0 Å². The minimum atomic E-state index is -0.0379. The minimum absolute atomic E-state index is 0.0379. The molecule has 0 amide bonds. The number of alkyl halides is 1. The van der Waals surface area contributed by atoms with Crippen molar-refractivity contribution < 1.29 is 14.3 Å².